The Bertz CT molecular complexity index is 814. The van der Waals surface area contributed by atoms with Crippen LogP contribution in [0.1, 0.15) is 34.8 Å². The van der Waals surface area contributed by atoms with Gasteiger partial charge in [-0.05, 0) is 35.8 Å². The monoisotopic (exact) mass is 319 g/mol. The van der Waals surface area contributed by atoms with Crippen molar-refractivity contribution in [1.29, 1.82) is 0 Å². The molecule has 0 unspecified atom stereocenters. The van der Waals surface area contributed by atoms with Crippen molar-refractivity contribution in [3.8, 4) is 11.4 Å². The fourth-order valence-corrected chi connectivity index (χ4v) is 3.24. The van der Waals surface area contributed by atoms with Gasteiger partial charge in [-0.1, -0.05) is 42.5 Å². The van der Waals surface area contributed by atoms with Gasteiger partial charge in [0.05, 0.1) is 6.04 Å². The number of hydrogen-bond acceptors (Lipinski definition) is 4. The van der Waals surface area contributed by atoms with Gasteiger partial charge >= 0.3 is 0 Å². The van der Waals surface area contributed by atoms with Crippen LogP contribution in [0.4, 0.5) is 0 Å². The van der Waals surface area contributed by atoms with Crippen LogP contribution in [0.2, 0.25) is 0 Å². The lowest BCUT2D eigenvalue weighted by molar-refractivity contribution is 0.0735. The summed E-state index contributed by atoms with van der Waals surface area (Å²) in [5.41, 5.74) is 2.72. The van der Waals surface area contributed by atoms with Crippen molar-refractivity contribution in [3.05, 3.63) is 65.7 Å². The summed E-state index contributed by atoms with van der Waals surface area (Å²) in [7, 11) is 0. The Kier molecular flexibility index (Phi) is 3.78. The number of nitrogens with one attached hydrogen (secondary N) is 1. The smallest absolute Gasteiger partial charge is 0.254 e. The van der Waals surface area contributed by atoms with Crippen LogP contribution in [0.25, 0.3) is 11.4 Å². The molecule has 3 aromatic rings. The molecular formula is C18H17N5O. The Labute approximate surface area is 139 Å². The highest BCUT2D eigenvalue weighted by molar-refractivity contribution is 5.95. The summed E-state index contributed by atoms with van der Waals surface area (Å²) >= 11 is 0. The van der Waals surface area contributed by atoms with Crippen molar-refractivity contribution in [3.63, 3.8) is 0 Å². The zero-order valence-corrected chi connectivity index (χ0v) is 13.1. The van der Waals surface area contributed by atoms with Gasteiger partial charge in [0, 0.05) is 17.7 Å². The van der Waals surface area contributed by atoms with Crippen molar-refractivity contribution in [2.75, 3.05) is 6.54 Å². The molecule has 1 amide bonds. The number of rotatable bonds is 3. The molecule has 6 heteroatoms. The molecule has 1 N–H and O–H groups in total. The second kappa shape index (κ2) is 6.23. The van der Waals surface area contributed by atoms with Gasteiger partial charge in [-0.2, -0.15) is 5.21 Å². The molecule has 1 atom stereocenters. The topological polar surface area (TPSA) is 74.8 Å². The fourth-order valence-electron chi connectivity index (χ4n) is 3.24. The molecule has 2 heterocycles. The molecule has 1 aliphatic rings. The van der Waals surface area contributed by atoms with Crippen molar-refractivity contribution >= 4 is 5.91 Å². The highest BCUT2D eigenvalue weighted by Gasteiger charge is 2.30. The first-order valence-electron chi connectivity index (χ1n) is 8.03. The Morgan fingerprint density at radius 3 is 2.58 bits per heavy atom. The van der Waals surface area contributed by atoms with Gasteiger partial charge in [0.2, 0.25) is 5.82 Å². The van der Waals surface area contributed by atoms with Gasteiger partial charge < -0.3 is 4.90 Å². The van der Waals surface area contributed by atoms with E-state index in [1.165, 1.54) is 5.56 Å². The van der Waals surface area contributed by atoms with Crippen LogP contribution in [0.15, 0.2) is 54.6 Å². The lowest BCUT2D eigenvalue weighted by atomic mass is 10.0. The molecule has 0 bridgehead atoms. The molecule has 2 aromatic carbocycles. The molecule has 0 radical (unpaired) electrons. The number of carbonyl (C=O) groups excluding carboxylic acids is 1. The number of tetrazole rings is 1. The third kappa shape index (κ3) is 2.67. The normalized spacial score (nSPS) is 17.2. The van der Waals surface area contributed by atoms with Crippen LogP contribution in [0.5, 0.6) is 0 Å². The fraction of sp³-hybridized carbons (Fsp3) is 0.222. The summed E-state index contributed by atoms with van der Waals surface area (Å²) in [6.07, 6.45) is 2.04. The van der Waals surface area contributed by atoms with E-state index in [2.05, 4.69) is 32.8 Å². The first-order valence-corrected chi connectivity index (χ1v) is 8.03. The van der Waals surface area contributed by atoms with E-state index >= 15 is 0 Å². The molecule has 1 aliphatic heterocycles. The SMILES string of the molecule is O=C(c1ccc(-c2nn[nH]n2)cc1)N1CCC[C@@H]1c1ccccc1. The van der Waals surface area contributed by atoms with Crippen LogP contribution in [-0.4, -0.2) is 38.0 Å². The van der Waals surface area contributed by atoms with Crippen molar-refractivity contribution in [2.24, 2.45) is 0 Å². The third-order valence-electron chi connectivity index (χ3n) is 4.43. The predicted octanol–water partition coefficient (Wildman–Crippen LogP) is 2.84. The highest BCUT2D eigenvalue weighted by Crippen LogP contribution is 2.33. The second-order valence-electron chi connectivity index (χ2n) is 5.88. The summed E-state index contributed by atoms with van der Waals surface area (Å²) < 4.78 is 0. The van der Waals surface area contributed by atoms with Gasteiger partial charge in [0.25, 0.3) is 5.91 Å². The van der Waals surface area contributed by atoms with Crippen molar-refractivity contribution in [2.45, 2.75) is 18.9 Å². The summed E-state index contributed by atoms with van der Waals surface area (Å²) in [5.74, 6) is 0.596. The van der Waals surface area contributed by atoms with E-state index in [-0.39, 0.29) is 11.9 Å². The number of aromatic amines is 1. The summed E-state index contributed by atoms with van der Waals surface area (Å²) in [6, 6.07) is 17.8. The molecule has 1 saturated heterocycles. The molecule has 0 spiro atoms. The van der Waals surface area contributed by atoms with Crippen LogP contribution in [-0.2, 0) is 0 Å². The molecule has 6 nitrogen and oxygen atoms in total. The predicted molar refractivity (Wildman–Crippen MR) is 89.1 cm³/mol. The Morgan fingerprint density at radius 2 is 1.88 bits per heavy atom. The third-order valence-corrected chi connectivity index (χ3v) is 4.43. The quantitative estimate of drug-likeness (QED) is 0.805. The van der Waals surface area contributed by atoms with E-state index in [9.17, 15) is 4.79 Å². The summed E-state index contributed by atoms with van der Waals surface area (Å²) in [6.45, 7) is 0.797. The average Bonchev–Trinajstić information content (AvgIpc) is 3.34. The number of amides is 1. The van der Waals surface area contributed by atoms with Crippen LogP contribution in [0.3, 0.4) is 0 Å². The maximum atomic E-state index is 12.9. The van der Waals surface area contributed by atoms with Gasteiger partial charge in [-0.15, -0.1) is 10.2 Å². The number of likely N-dealkylation sites (tertiary alicyclic amines) is 1. The Balaban J connectivity index is 1.56. The first-order chi connectivity index (χ1) is 11.8. The van der Waals surface area contributed by atoms with Gasteiger partial charge in [-0.25, -0.2) is 0 Å². The zero-order valence-electron chi connectivity index (χ0n) is 13.1. The summed E-state index contributed by atoms with van der Waals surface area (Å²) in [5, 5.41) is 13.9. The van der Waals surface area contributed by atoms with E-state index in [4.69, 9.17) is 0 Å². The van der Waals surface area contributed by atoms with Gasteiger partial charge in [-0.3, -0.25) is 4.79 Å². The van der Waals surface area contributed by atoms with E-state index in [1.807, 2.05) is 47.4 Å². The van der Waals surface area contributed by atoms with Crippen molar-refractivity contribution in [1.82, 2.24) is 25.5 Å². The van der Waals surface area contributed by atoms with E-state index < -0.39 is 0 Å². The van der Waals surface area contributed by atoms with E-state index in [0.29, 0.717) is 11.4 Å². The molecule has 1 fully saturated rings. The van der Waals surface area contributed by atoms with Crippen LogP contribution >= 0.6 is 0 Å². The molecule has 0 saturated carbocycles. The molecule has 4 rings (SSSR count). The molecule has 0 aliphatic carbocycles. The van der Waals surface area contributed by atoms with E-state index in [1.54, 1.807) is 0 Å². The van der Waals surface area contributed by atoms with Gasteiger partial charge in [0.15, 0.2) is 0 Å². The minimum Gasteiger partial charge on any atom is -0.332 e. The van der Waals surface area contributed by atoms with Crippen LogP contribution < -0.4 is 0 Å². The van der Waals surface area contributed by atoms with Crippen LogP contribution in [0, 0.1) is 0 Å². The average molecular weight is 319 g/mol. The van der Waals surface area contributed by atoms with E-state index in [0.717, 1.165) is 24.9 Å². The summed E-state index contributed by atoms with van der Waals surface area (Å²) in [4.78, 5) is 14.9. The first kappa shape index (κ1) is 14.6. The molecule has 24 heavy (non-hydrogen) atoms. The number of H-pyrrole nitrogens is 1. The number of hydrogen-bond donors (Lipinski definition) is 1. The maximum absolute atomic E-state index is 12.9. The second-order valence-corrected chi connectivity index (χ2v) is 5.88. The maximum Gasteiger partial charge on any atom is 0.254 e. The molecule has 120 valence electrons. The minimum absolute atomic E-state index is 0.0704. The zero-order chi connectivity index (χ0) is 16.4. The minimum atomic E-state index is 0.0704. The Hall–Kier alpha value is -3.02. The largest absolute Gasteiger partial charge is 0.332 e. The molecular weight excluding hydrogens is 302 g/mol. The number of carbonyl (C=O) groups is 1. The Morgan fingerprint density at radius 1 is 1.08 bits per heavy atom. The molecule has 1 aromatic heterocycles. The number of nitrogens with zero attached hydrogens (tertiary/aromatic N) is 4. The van der Waals surface area contributed by atoms with Crippen molar-refractivity contribution < 1.29 is 4.79 Å². The number of benzene rings is 2. The van der Waals surface area contributed by atoms with Gasteiger partial charge in [0.1, 0.15) is 0 Å². The lowest BCUT2D eigenvalue weighted by Gasteiger charge is -2.25. The lowest BCUT2D eigenvalue weighted by Crippen LogP contribution is -2.30. The standard InChI is InChI=1S/C18H17N5O/c24-18(15-10-8-14(9-11-15)17-19-21-22-20-17)23-12-4-7-16(23)13-5-2-1-3-6-13/h1-3,5-6,8-11,16H,4,7,12H2,(H,19,20,21,22)/t16-/m1/s1. The highest BCUT2D eigenvalue weighted by atomic mass is 16.2. The number of aromatic nitrogens is 4.